The number of carbonyl (C=O) groups is 2. The Hall–Kier alpha value is -1.91. The third-order valence-corrected chi connectivity index (χ3v) is 3.57. The van der Waals surface area contributed by atoms with E-state index in [4.69, 9.17) is 5.11 Å². The lowest BCUT2D eigenvalue weighted by molar-refractivity contribution is -0.136. The number of aliphatic carboxylic acids is 1. The van der Waals surface area contributed by atoms with Crippen molar-refractivity contribution in [1.82, 2.24) is 0 Å². The molecule has 0 saturated heterocycles. The van der Waals surface area contributed by atoms with Crippen LogP contribution in [0.3, 0.4) is 0 Å². The summed E-state index contributed by atoms with van der Waals surface area (Å²) < 4.78 is 13.7. The van der Waals surface area contributed by atoms with E-state index in [0.717, 1.165) is 12.5 Å². The molecule has 0 heterocycles. The Bertz CT molecular complexity index is 502. The fourth-order valence-corrected chi connectivity index (χ4v) is 1.80. The maximum absolute atomic E-state index is 13.7. The van der Waals surface area contributed by atoms with E-state index < -0.39 is 11.8 Å². The molecular weight excluding hydrogens is 261 g/mol. The molecule has 1 aromatic rings. The number of rotatable bonds is 6. The highest BCUT2D eigenvalue weighted by atomic mass is 19.1. The molecule has 0 aromatic heterocycles. The van der Waals surface area contributed by atoms with Crippen molar-refractivity contribution in [1.29, 1.82) is 0 Å². The number of hydrogen-bond donors (Lipinski definition) is 2. The van der Waals surface area contributed by atoms with Crippen molar-refractivity contribution in [2.75, 3.05) is 5.32 Å². The fourth-order valence-electron chi connectivity index (χ4n) is 1.80. The van der Waals surface area contributed by atoms with Crippen molar-refractivity contribution in [2.45, 2.75) is 33.6 Å². The predicted octanol–water partition coefficient (Wildman–Crippen LogP) is 3.07. The van der Waals surface area contributed by atoms with Crippen molar-refractivity contribution < 1.29 is 19.1 Å². The molecule has 1 rings (SSSR count). The van der Waals surface area contributed by atoms with E-state index in [9.17, 15) is 14.0 Å². The molecule has 0 bridgehead atoms. The number of benzene rings is 1. The lowest BCUT2D eigenvalue weighted by atomic mass is 9.93. The van der Waals surface area contributed by atoms with Gasteiger partial charge in [0, 0.05) is 11.6 Å². The maximum Gasteiger partial charge on any atom is 0.307 e. The van der Waals surface area contributed by atoms with E-state index >= 15 is 0 Å². The molecule has 0 aliphatic rings. The summed E-state index contributed by atoms with van der Waals surface area (Å²) in [5.41, 5.74) is 0.447. The van der Waals surface area contributed by atoms with Crippen LogP contribution >= 0.6 is 0 Å². The average molecular weight is 281 g/mol. The first-order chi connectivity index (χ1) is 9.35. The Kier molecular flexibility index (Phi) is 5.67. The molecule has 20 heavy (non-hydrogen) atoms. The van der Waals surface area contributed by atoms with Gasteiger partial charge >= 0.3 is 5.97 Å². The quantitative estimate of drug-likeness (QED) is 0.842. The van der Waals surface area contributed by atoms with Crippen molar-refractivity contribution in [3.8, 4) is 0 Å². The SMILES string of the molecule is CCC(C)C(C)C(=O)Nc1ccc(CC(=O)O)c(F)c1. The lowest BCUT2D eigenvalue weighted by Gasteiger charge is -2.18. The Labute approximate surface area is 118 Å². The van der Waals surface area contributed by atoms with E-state index in [1.807, 2.05) is 20.8 Å². The van der Waals surface area contributed by atoms with Crippen molar-refractivity contribution in [3.05, 3.63) is 29.6 Å². The number of nitrogens with one attached hydrogen (secondary N) is 1. The van der Waals surface area contributed by atoms with Gasteiger partial charge in [-0.15, -0.1) is 0 Å². The smallest absolute Gasteiger partial charge is 0.307 e. The van der Waals surface area contributed by atoms with Gasteiger partial charge in [-0.3, -0.25) is 9.59 Å². The van der Waals surface area contributed by atoms with Crippen LogP contribution in [0, 0.1) is 17.7 Å². The third kappa shape index (κ3) is 4.33. The number of anilines is 1. The molecule has 2 N–H and O–H groups in total. The average Bonchev–Trinajstić information content (AvgIpc) is 2.39. The molecule has 0 aliphatic carbocycles. The van der Waals surface area contributed by atoms with Gasteiger partial charge < -0.3 is 10.4 Å². The van der Waals surface area contributed by atoms with E-state index in [-0.39, 0.29) is 29.7 Å². The molecule has 2 unspecified atom stereocenters. The first-order valence-electron chi connectivity index (χ1n) is 6.66. The minimum Gasteiger partial charge on any atom is -0.481 e. The molecular formula is C15H20FNO3. The second-order valence-corrected chi connectivity index (χ2v) is 5.04. The molecule has 4 nitrogen and oxygen atoms in total. The topological polar surface area (TPSA) is 66.4 Å². The summed E-state index contributed by atoms with van der Waals surface area (Å²) in [6.45, 7) is 5.83. The Morgan fingerprint density at radius 3 is 2.50 bits per heavy atom. The third-order valence-electron chi connectivity index (χ3n) is 3.57. The fraction of sp³-hybridized carbons (Fsp3) is 0.467. The predicted molar refractivity (Wildman–Crippen MR) is 75.0 cm³/mol. The minimum absolute atomic E-state index is 0.102. The number of amides is 1. The van der Waals surface area contributed by atoms with Gasteiger partial charge in [-0.2, -0.15) is 0 Å². The summed E-state index contributed by atoms with van der Waals surface area (Å²) >= 11 is 0. The van der Waals surface area contributed by atoms with Gasteiger partial charge in [0.25, 0.3) is 0 Å². The van der Waals surface area contributed by atoms with Gasteiger partial charge in [0.15, 0.2) is 0 Å². The van der Waals surface area contributed by atoms with Crippen molar-refractivity contribution >= 4 is 17.6 Å². The molecule has 0 fully saturated rings. The van der Waals surface area contributed by atoms with Crippen LogP contribution in [0.25, 0.3) is 0 Å². The second-order valence-electron chi connectivity index (χ2n) is 5.04. The van der Waals surface area contributed by atoms with Gasteiger partial charge in [0.2, 0.25) is 5.91 Å². The van der Waals surface area contributed by atoms with Crippen LogP contribution in [-0.4, -0.2) is 17.0 Å². The molecule has 0 aliphatic heterocycles. The number of carboxylic acid groups (broad SMARTS) is 1. The zero-order chi connectivity index (χ0) is 15.3. The minimum atomic E-state index is -1.09. The zero-order valence-electron chi connectivity index (χ0n) is 11.9. The number of carboxylic acids is 1. The highest BCUT2D eigenvalue weighted by molar-refractivity contribution is 5.92. The molecule has 110 valence electrons. The Balaban J connectivity index is 2.76. The number of hydrogen-bond acceptors (Lipinski definition) is 2. The number of carbonyl (C=O) groups excluding carboxylic acids is 1. The molecule has 0 spiro atoms. The normalized spacial score (nSPS) is 13.6. The summed E-state index contributed by atoms with van der Waals surface area (Å²) in [6.07, 6.45) is 0.518. The van der Waals surface area contributed by atoms with Crippen molar-refractivity contribution in [2.24, 2.45) is 11.8 Å². The summed E-state index contributed by atoms with van der Waals surface area (Å²) in [6, 6.07) is 4.05. The van der Waals surface area contributed by atoms with Gasteiger partial charge in [-0.1, -0.05) is 33.3 Å². The summed E-state index contributed by atoms with van der Waals surface area (Å²) in [7, 11) is 0. The first kappa shape index (κ1) is 16.1. The van der Waals surface area contributed by atoms with Crippen molar-refractivity contribution in [3.63, 3.8) is 0 Å². The monoisotopic (exact) mass is 281 g/mol. The standard InChI is InChI=1S/C15H20FNO3/c1-4-9(2)10(3)15(20)17-12-6-5-11(7-14(18)19)13(16)8-12/h5-6,8-10H,4,7H2,1-3H3,(H,17,20)(H,18,19). The van der Waals surface area contributed by atoms with Crippen LogP contribution in [0.15, 0.2) is 18.2 Å². The highest BCUT2D eigenvalue weighted by Gasteiger charge is 2.19. The Morgan fingerprint density at radius 2 is 2.00 bits per heavy atom. The summed E-state index contributed by atoms with van der Waals surface area (Å²) in [4.78, 5) is 22.5. The van der Waals surface area contributed by atoms with E-state index in [1.165, 1.54) is 12.1 Å². The first-order valence-corrected chi connectivity index (χ1v) is 6.66. The summed E-state index contributed by atoms with van der Waals surface area (Å²) in [5, 5.41) is 11.3. The molecule has 1 amide bonds. The van der Waals surface area contributed by atoms with Crippen LogP contribution in [0.5, 0.6) is 0 Å². The van der Waals surface area contributed by atoms with Crippen LogP contribution < -0.4 is 5.32 Å². The lowest BCUT2D eigenvalue weighted by Crippen LogP contribution is -2.25. The van der Waals surface area contributed by atoms with Crippen LogP contribution in [0.2, 0.25) is 0 Å². The number of halogens is 1. The van der Waals surface area contributed by atoms with E-state index in [2.05, 4.69) is 5.32 Å². The van der Waals surface area contributed by atoms with E-state index in [1.54, 1.807) is 0 Å². The van der Waals surface area contributed by atoms with Gasteiger partial charge in [-0.25, -0.2) is 4.39 Å². The highest BCUT2D eigenvalue weighted by Crippen LogP contribution is 2.19. The van der Waals surface area contributed by atoms with Crippen LogP contribution in [0.1, 0.15) is 32.8 Å². The van der Waals surface area contributed by atoms with E-state index in [0.29, 0.717) is 5.69 Å². The van der Waals surface area contributed by atoms with Crippen LogP contribution in [-0.2, 0) is 16.0 Å². The Morgan fingerprint density at radius 1 is 1.35 bits per heavy atom. The van der Waals surface area contributed by atoms with Crippen LogP contribution in [0.4, 0.5) is 10.1 Å². The molecule has 2 atom stereocenters. The second kappa shape index (κ2) is 7.03. The molecule has 5 heteroatoms. The molecule has 0 saturated carbocycles. The largest absolute Gasteiger partial charge is 0.481 e. The molecule has 1 aromatic carbocycles. The van der Waals surface area contributed by atoms with Gasteiger partial charge in [-0.05, 0) is 23.6 Å². The summed E-state index contributed by atoms with van der Waals surface area (Å²) in [5.74, 6) is -1.80. The zero-order valence-corrected chi connectivity index (χ0v) is 11.9. The molecule has 0 radical (unpaired) electrons. The maximum atomic E-state index is 13.7. The van der Waals surface area contributed by atoms with Gasteiger partial charge in [0.05, 0.1) is 6.42 Å². The van der Waals surface area contributed by atoms with Gasteiger partial charge in [0.1, 0.15) is 5.82 Å².